The summed E-state index contributed by atoms with van der Waals surface area (Å²) in [6.45, 7) is 1.69. The molecule has 2 rings (SSSR count). The maximum atomic E-state index is 4.79. The minimum atomic E-state index is 0. The van der Waals surface area contributed by atoms with E-state index in [-0.39, 0.29) is 32.7 Å². The molecular formula is C9H7BrNOY-. The molecule has 0 spiro atoms. The molecule has 4 heteroatoms. The minimum Gasteiger partial charge on any atom is -0.566 e. The largest absolute Gasteiger partial charge is 0.566 e. The van der Waals surface area contributed by atoms with E-state index in [0.29, 0.717) is 0 Å². The summed E-state index contributed by atoms with van der Waals surface area (Å²) in [5.41, 5.74) is 2.11. The van der Waals surface area contributed by atoms with E-state index in [9.17, 15) is 0 Å². The average molecular weight is 314 g/mol. The Balaban J connectivity index is 0.000000845. The van der Waals surface area contributed by atoms with Crippen LogP contribution in [0.2, 0.25) is 0 Å². The first kappa shape index (κ1) is 11.3. The average Bonchev–Trinajstić information content (AvgIpc) is 2.58. The van der Waals surface area contributed by atoms with Crippen LogP contribution in [0.5, 0.6) is 0 Å². The molecule has 2 nitrogen and oxygen atoms in total. The standard InChI is InChI=1S/C9H7BrNO.Y/c10-8-3-1-7(2-4-8)9-5-6-12-11-9;/h1-4,6H,5H2;/q-1;. The Kier molecular flexibility index (Phi) is 4.56. The van der Waals surface area contributed by atoms with Gasteiger partial charge in [0.05, 0.1) is 5.71 Å². The zero-order valence-electron chi connectivity index (χ0n) is 6.90. The first-order chi connectivity index (χ1) is 5.86. The molecule has 1 heterocycles. The second-order valence-corrected chi connectivity index (χ2v) is 3.44. The number of hydrogen-bond acceptors (Lipinski definition) is 2. The maximum absolute atomic E-state index is 4.79. The van der Waals surface area contributed by atoms with E-state index < -0.39 is 0 Å². The Morgan fingerprint density at radius 3 is 2.54 bits per heavy atom. The van der Waals surface area contributed by atoms with Gasteiger partial charge in [0, 0.05) is 37.2 Å². The zero-order valence-corrected chi connectivity index (χ0v) is 11.3. The van der Waals surface area contributed by atoms with E-state index in [4.69, 9.17) is 4.84 Å². The van der Waals surface area contributed by atoms with E-state index in [0.717, 1.165) is 22.2 Å². The monoisotopic (exact) mass is 313 g/mol. The first-order valence-electron chi connectivity index (χ1n) is 3.66. The third-order valence-electron chi connectivity index (χ3n) is 1.69. The molecular weight excluding hydrogens is 307 g/mol. The van der Waals surface area contributed by atoms with Crippen molar-refractivity contribution in [2.75, 3.05) is 0 Å². The minimum absolute atomic E-state index is 0. The number of rotatable bonds is 1. The fraction of sp³-hybridized carbons (Fsp3) is 0.111. The molecule has 13 heavy (non-hydrogen) atoms. The van der Waals surface area contributed by atoms with E-state index in [1.807, 2.05) is 24.3 Å². The Bertz CT molecular complexity index is 310. The van der Waals surface area contributed by atoms with Gasteiger partial charge in [-0.2, -0.15) is 0 Å². The molecule has 0 atom stereocenters. The van der Waals surface area contributed by atoms with Crippen LogP contribution < -0.4 is 0 Å². The van der Waals surface area contributed by atoms with Crippen LogP contribution in [0, 0.1) is 6.61 Å². The topological polar surface area (TPSA) is 21.6 Å². The summed E-state index contributed by atoms with van der Waals surface area (Å²) in [5, 5.41) is 3.88. The van der Waals surface area contributed by atoms with Crippen LogP contribution in [0.1, 0.15) is 12.0 Å². The summed E-state index contributed by atoms with van der Waals surface area (Å²) >= 11 is 3.38. The fourth-order valence-electron chi connectivity index (χ4n) is 1.07. The van der Waals surface area contributed by atoms with Gasteiger partial charge in [-0.3, -0.25) is 0 Å². The van der Waals surface area contributed by atoms with Gasteiger partial charge in [-0.05, 0) is 17.7 Å². The molecule has 0 bridgehead atoms. The summed E-state index contributed by atoms with van der Waals surface area (Å²) in [5.74, 6) is 0. The van der Waals surface area contributed by atoms with Gasteiger partial charge < -0.3 is 4.84 Å². The molecule has 0 saturated heterocycles. The van der Waals surface area contributed by atoms with Crippen LogP contribution in [0.25, 0.3) is 0 Å². The Hall–Kier alpha value is 0.274. The number of benzene rings is 1. The van der Waals surface area contributed by atoms with Crippen LogP contribution in [0.4, 0.5) is 0 Å². The van der Waals surface area contributed by atoms with Gasteiger partial charge in [0.25, 0.3) is 0 Å². The van der Waals surface area contributed by atoms with Crippen molar-refractivity contribution in [3.8, 4) is 0 Å². The van der Waals surface area contributed by atoms with Gasteiger partial charge in [0.15, 0.2) is 0 Å². The fourth-order valence-corrected chi connectivity index (χ4v) is 1.33. The molecule has 0 aromatic heterocycles. The second kappa shape index (κ2) is 5.23. The molecule has 0 unspecified atom stereocenters. The zero-order chi connectivity index (χ0) is 8.39. The molecule has 1 radical (unpaired) electrons. The molecule has 0 saturated carbocycles. The molecule has 1 aromatic carbocycles. The molecule has 0 N–H and O–H groups in total. The smallest absolute Gasteiger partial charge is 0.0572 e. The van der Waals surface area contributed by atoms with E-state index in [1.54, 1.807) is 6.61 Å². The summed E-state index contributed by atoms with van der Waals surface area (Å²) in [6.07, 6.45) is 0.793. The van der Waals surface area contributed by atoms with Crippen molar-refractivity contribution in [3.63, 3.8) is 0 Å². The molecule has 1 aliphatic rings. The molecule has 1 aliphatic heterocycles. The van der Waals surface area contributed by atoms with Gasteiger partial charge in [-0.1, -0.05) is 34.5 Å². The van der Waals surface area contributed by atoms with Crippen molar-refractivity contribution < 1.29 is 37.5 Å². The van der Waals surface area contributed by atoms with Crippen molar-refractivity contribution >= 4 is 21.6 Å². The normalized spacial score (nSPS) is 14.4. The van der Waals surface area contributed by atoms with E-state index >= 15 is 0 Å². The Morgan fingerprint density at radius 1 is 1.31 bits per heavy atom. The third-order valence-corrected chi connectivity index (χ3v) is 2.22. The van der Waals surface area contributed by atoms with E-state index in [2.05, 4.69) is 21.1 Å². The van der Waals surface area contributed by atoms with Crippen molar-refractivity contribution in [3.05, 3.63) is 40.9 Å². The number of hydrogen-bond donors (Lipinski definition) is 0. The van der Waals surface area contributed by atoms with Crippen LogP contribution in [-0.4, -0.2) is 5.71 Å². The van der Waals surface area contributed by atoms with Gasteiger partial charge in [-0.15, -0.1) is 11.8 Å². The number of oxime groups is 1. The quantitative estimate of drug-likeness (QED) is 0.731. The van der Waals surface area contributed by atoms with Crippen molar-refractivity contribution in [2.45, 2.75) is 6.42 Å². The van der Waals surface area contributed by atoms with Gasteiger partial charge in [0.1, 0.15) is 0 Å². The van der Waals surface area contributed by atoms with Crippen molar-refractivity contribution in [1.82, 2.24) is 0 Å². The molecule has 1 aromatic rings. The van der Waals surface area contributed by atoms with Gasteiger partial charge in [0.2, 0.25) is 0 Å². The van der Waals surface area contributed by atoms with Crippen LogP contribution in [0.15, 0.2) is 33.9 Å². The number of nitrogens with zero attached hydrogens (tertiary/aromatic N) is 1. The molecule has 0 amide bonds. The molecule has 0 fully saturated rings. The van der Waals surface area contributed by atoms with Crippen LogP contribution in [-0.2, 0) is 37.5 Å². The van der Waals surface area contributed by atoms with Crippen molar-refractivity contribution in [2.24, 2.45) is 5.16 Å². The third kappa shape index (κ3) is 2.86. The maximum Gasteiger partial charge on any atom is 0.0572 e. The predicted molar refractivity (Wildman–Crippen MR) is 50.7 cm³/mol. The van der Waals surface area contributed by atoms with Gasteiger partial charge >= 0.3 is 0 Å². The predicted octanol–water partition coefficient (Wildman–Crippen LogP) is 2.73. The summed E-state index contributed by atoms with van der Waals surface area (Å²) in [6, 6.07) is 8.03. The SMILES string of the molecule is Brc1ccc(C2=NO[CH-]C2)cc1.[Y]. The second-order valence-electron chi connectivity index (χ2n) is 2.52. The Morgan fingerprint density at radius 2 is 2.00 bits per heavy atom. The van der Waals surface area contributed by atoms with Crippen LogP contribution >= 0.6 is 15.9 Å². The van der Waals surface area contributed by atoms with E-state index in [1.165, 1.54) is 0 Å². The molecule has 65 valence electrons. The van der Waals surface area contributed by atoms with Crippen LogP contribution in [0.3, 0.4) is 0 Å². The summed E-state index contributed by atoms with van der Waals surface area (Å²) < 4.78 is 1.08. The Labute approximate surface area is 111 Å². The number of halogens is 1. The molecule has 0 aliphatic carbocycles. The summed E-state index contributed by atoms with van der Waals surface area (Å²) in [7, 11) is 0. The first-order valence-corrected chi connectivity index (χ1v) is 4.46. The van der Waals surface area contributed by atoms with Gasteiger partial charge in [-0.25, -0.2) is 0 Å². The summed E-state index contributed by atoms with van der Waals surface area (Å²) in [4.78, 5) is 4.79. The van der Waals surface area contributed by atoms with Crippen molar-refractivity contribution in [1.29, 1.82) is 0 Å².